The maximum Gasteiger partial charge on any atom is 0.250 e. The fourth-order valence-corrected chi connectivity index (χ4v) is 5.60. The SMILES string of the molecule is CCSc1nnc(NC(=O)CSc2nnc(NC(=O)/C=C\c3ccc4c(c3)OCO4)s2)s1. The van der Waals surface area contributed by atoms with Crippen molar-refractivity contribution in [1.29, 1.82) is 0 Å². The minimum absolute atomic E-state index is 0.141. The molecule has 32 heavy (non-hydrogen) atoms. The molecule has 0 unspecified atom stereocenters. The van der Waals surface area contributed by atoms with Gasteiger partial charge in [0.05, 0.1) is 5.75 Å². The summed E-state index contributed by atoms with van der Waals surface area (Å²) in [6, 6.07) is 5.41. The summed E-state index contributed by atoms with van der Waals surface area (Å²) in [4.78, 5) is 24.2. The number of nitrogens with one attached hydrogen (secondary N) is 2. The first-order valence-electron chi connectivity index (χ1n) is 9.20. The molecular weight excluding hydrogens is 493 g/mol. The van der Waals surface area contributed by atoms with Gasteiger partial charge in [-0.05, 0) is 29.5 Å². The Morgan fingerprint density at radius 2 is 1.75 bits per heavy atom. The van der Waals surface area contributed by atoms with E-state index in [-0.39, 0.29) is 24.4 Å². The Bertz CT molecular complexity index is 1150. The summed E-state index contributed by atoms with van der Waals surface area (Å²) < 4.78 is 12.0. The quantitative estimate of drug-likeness (QED) is 0.251. The van der Waals surface area contributed by atoms with E-state index in [9.17, 15) is 9.59 Å². The normalized spacial score (nSPS) is 12.3. The molecule has 0 saturated carbocycles. The van der Waals surface area contributed by atoms with Crippen LogP contribution in [0, 0.1) is 0 Å². The number of carbonyl (C=O) groups is 2. The third-order valence-corrected chi connectivity index (χ3v) is 7.53. The van der Waals surface area contributed by atoms with Crippen molar-refractivity contribution in [3.8, 4) is 11.5 Å². The van der Waals surface area contributed by atoms with Gasteiger partial charge in [-0.2, -0.15) is 0 Å². The minimum atomic E-state index is -0.342. The highest BCUT2D eigenvalue weighted by molar-refractivity contribution is 8.01. The van der Waals surface area contributed by atoms with Gasteiger partial charge in [0.25, 0.3) is 0 Å². The van der Waals surface area contributed by atoms with Gasteiger partial charge in [0, 0.05) is 6.08 Å². The van der Waals surface area contributed by atoms with Crippen LogP contribution in [0.2, 0.25) is 0 Å². The summed E-state index contributed by atoms with van der Waals surface area (Å²) in [5.41, 5.74) is 0.805. The number of amides is 2. The number of nitrogens with zero attached hydrogens (tertiary/aromatic N) is 4. The van der Waals surface area contributed by atoms with E-state index in [2.05, 4.69) is 31.0 Å². The molecule has 0 fully saturated rings. The molecule has 2 aromatic heterocycles. The van der Waals surface area contributed by atoms with E-state index in [1.807, 2.05) is 13.0 Å². The predicted octanol–water partition coefficient (Wildman–Crippen LogP) is 3.61. The van der Waals surface area contributed by atoms with Crippen LogP contribution in [0.1, 0.15) is 12.5 Å². The van der Waals surface area contributed by atoms with Crippen molar-refractivity contribution in [2.75, 3.05) is 28.9 Å². The Balaban J connectivity index is 1.23. The monoisotopic (exact) mass is 508 g/mol. The number of hydrogen-bond donors (Lipinski definition) is 2. The summed E-state index contributed by atoms with van der Waals surface area (Å²) in [7, 11) is 0. The third kappa shape index (κ3) is 6.18. The zero-order valence-electron chi connectivity index (χ0n) is 16.6. The first-order valence-corrected chi connectivity index (χ1v) is 12.8. The van der Waals surface area contributed by atoms with Crippen molar-refractivity contribution < 1.29 is 19.1 Å². The lowest BCUT2D eigenvalue weighted by atomic mass is 10.2. The fourth-order valence-electron chi connectivity index (χ4n) is 2.38. The van der Waals surface area contributed by atoms with Crippen LogP contribution in [0.3, 0.4) is 0 Å². The number of thioether (sulfide) groups is 2. The van der Waals surface area contributed by atoms with Crippen molar-refractivity contribution in [3.05, 3.63) is 29.8 Å². The first kappa shape index (κ1) is 22.5. The van der Waals surface area contributed by atoms with Gasteiger partial charge in [-0.1, -0.05) is 59.2 Å². The van der Waals surface area contributed by atoms with E-state index < -0.39 is 0 Å². The molecule has 10 nitrogen and oxygen atoms in total. The van der Waals surface area contributed by atoms with Crippen molar-refractivity contribution in [2.45, 2.75) is 15.6 Å². The summed E-state index contributed by atoms with van der Waals surface area (Å²) in [5, 5.41) is 22.0. The number of rotatable bonds is 9. The van der Waals surface area contributed by atoms with Crippen LogP contribution in [0.4, 0.5) is 10.3 Å². The van der Waals surface area contributed by atoms with Gasteiger partial charge >= 0.3 is 0 Å². The Morgan fingerprint density at radius 1 is 1.03 bits per heavy atom. The Labute approximate surface area is 199 Å². The molecule has 3 aromatic rings. The Morgan fingerprint density at radius 3 is 2.53 bits per heavy atom. The number of ether oxygens (including phenoxy) is 2. The smallest absolute Gasteiger partial charge is 0.250 e. The molecule has 2 amide bonds. The van der Waals surface area contributed by atoms with Crippen LogP contribution in [0.15, 0.2) is 33.0 Å². The van der Waals surface area contributed by atoms with Crippen molar-refractivity contribution in [2.24, 2.45) is 0 Å². The lowest BCUT2D eigenvalue weighted by molar-refractivity contribution is -0.114. The Hall–Kier alpha value is -2.68. The van der Waals surface area contributed by atoms with Gasteiger partial charge in [-0.15, -0.1) is 20.4 Å². The third-order valence-electron chi connectivity index (χ3n) is 3.71. The summed E-state index contributed by atoms with van der Waals surface area (Å²) in [5.74, 6) is 1.80. The lowest BCUT2D eigenvalue weighted by Gasteiger charge is -1.98. The van der Waals surface area contributed by atoms with Crippen LogP contribution < -0.4 is 20.1 Å². The zero-order valence-corrected chi connectivity index (χ0v) is 19.8. The standard InChI is InChI=1S/C18H16N6O4S4/c1-2-29-17-23-22-16(31-17)20-14(26)8-30-18-24-21-15(32-18)19-13(25)6-4-10-3-5-11-12(7-10)28-9-27-11/h3-7H,2,8-9H2,1H3,(H,19,21,25)(H,20,22,26)/b6-4-. The number of benzene rings is 1. The highest BCUT2D eigenvalue weighted by Crippen LogP contribution is 2.33. The highest BCUT2D eigenvalue weighted by Gasteiger charge is 2.13. The molecule has 14 heteroatoms. The van der Waals surface area contributed by atoms with Gasteiger partial charge in [-0.3, -0.25) is 20.2 Å². The number of aromatic nitrogens is 4. The number of hydrogen-bond acceptors (Lipinski definition) is 12. The van der Waals surface area contributed by atoms with Crippen LogP contribution in [0.25, 0.3) is 6.08 Å². The molecule has 166 valence electrons. The molecule has 1 aliphatic rings. The van der Waals surface area contributed by atoms with E-state index in [4.69, 9.17) is 9.47 Å². The Kier molecular flexibility index (Phi) is 7.57. The highest BCUT2D eigenvalue weighted by atomic mass is 32.2. The maximum absolute atomic E-state index is 12.1. The topological polar surface area (TPSA) is 128 Å². The van der Waals surface area contributed by atoms with Crippen LogP contribution in [-0.2, 0) is 9.59 Å². The van der Waals surface area contributed by atoms with E-state index in [1.54, 1.807) is 30.0 Å². The summed E-state index contributed by atoms with van der Waals surface area (Å²) in [6.07, 6.45) is 3.06. The number of anilines is 2. The van der Waals surface area contributed by atoms with Crippen molar-refractivity contribution in [1.82, 2.24) is 20.4 Å². The molecule has 4 rings (SSSR count). The summed E-state index contributed by atoms with van der Waals surface area (Å²) >= 11 is 5.31. The molecule has 0 bridgehead atoms. The van der Waals surface area contributed by atoms with E-state index in [0.29, 0.717) is 26.1 Å². The van der Waals surface area contributed by atoms with Crippen LogP contribution in [-0.4, -0.2) is 50.5 Å². The molecule has 0 atom stereocenters. The second-order valence-corrected chi connectivity index (χ2v) is 10.6. The molecule has 2 N–H and O–H groups in total. The average Bonchev–Trinajstić information content (AvgIpc) is 3.52. The van der Waals surface area contributed by atoms with E-state index in [0.717, 1.165) is 15.7 Å². The number of carbonyl (C=O) groups excluding carboxylic acids is 2. The van der Waals surface area contributed by atoms with Crippen molar-refractivity contribution in [3.63, 3.8) is 0 Å². The molecule has 0 radical (unpaired) electrons. The molecule has 1 aliphatic heterocycles. The largest absolute Gasteiger partial charge is 0.454 e. The summed E-state index contributed by atoms with van der Waals surface area (Å²) in [6.45, 7) is 2.22. The predicted molar refractivity (Wildman–Crippen MR) is 126 cm³/mol. The minimum Gasteiger partial charge on any atom is -0.454 e. The molecular formula is C18H16N6O4S4. The van der Waals surface area contributed by atoms with Crippen LogP contribution >= 0.6 is 46.2 Å². The van der Waals surface area contributed by atoms with Crippen LogP contribution in [0.5, 0.6) is 11.5 Å². The second kappa shape index (κ2) is 10.8. The van der Waals surface area contributed by atoms with Gasteiger partial charge in [0.2, 0.25) is 28.9 Å². The van der Waals surface area contributed by atoms with Gasteiger partial charge < -0.3 is 9.47 Å². The molecule has 0 saturated heterocycles. The van der Waals surface area contributed by atoms with E-state index in [1.165, 1.54) is 40.5 Å². The first-order chi connectivity index (χ1) is 15.6. The maximum atomic E-state index is 12.1. The average molecular weight is 509 g/mol. The second-order valence-electron chi connectivity index (χ2n) is 5.95. The molecule has 0 spiro atoms. The van der Waals surface area contributed by atoms with Gasteiger partial charge in [-0.25, -0.2) is 0 Å². The van der Waals surface area contributed by atoms with Crippen molar-refractivity contribution >= 4 is 74.4 Å². The fraction of sp³-hybridized carbons (Fsp3) is 0.222. The van der Waals surface area contributed by atoms with E-state index >= 15 is 0 Å². The lowest BCUT2D eigenvalue weighted by Crippen LogP contribution is -2.13. The van der Waals surface area contributed by atoms with Gasteiger partial charge in [0.1, 0.15) is 0 Å². The number of fused-ring (bicyclic) bond motifs is 1. The zero-order chi connectivity index (χ0) is 22.3. The van der Waals surface area contributed by atoms with Gasteiger partial charge in [0.15, 0.2) is 20.2 Å². The molecule has 1 aromatic carbocycles. The molecule has 0 aliphatic carbocycles. The molecule has 3 heterocycles.